The molecule has 2 aliphatic carbocycles. The van der Waals surface area contributed by atoms with Gasteiger partial charge in [-0.25, -0.2) is 0 Å². The zero-order valence-corrected chi connectivity index (χ0v) is 11.1. The van der Waals surface area contributed by atoms with Gasteiger partial charge in [-0.05, 0) is 24.2 Å². The van der Waals surface area contributed by atoms with Crippen LogP contribution in [-0.2, 0) is 4.79 Å². The number of halogens is 1. The van der Waals surface area contributed by atoms with Gasteiger partial charge in [0.25, 0.3) is 0 Å². The predicted molar refractivity (Wildman–Crippen MR) is 70.2 cm³/mol. The van der Waals surface area contributed by atoms with Gasteiger partial charge in [-0.2, -0.15) is 0 Å². The Morgan fingerprint density at radius 3 is 2.47 bits per heavy atom. The van der Waals surface area contributed by atoms with Crippen LogP contribution in [0.15, 0.2) is 0 Å². The molecule has 3 fully saturated rings. The fourth-order valence-electron chi connectivity index (χ4n) is 3.52. The molecule has 1 heterocycles. The summed E-state index contributed by atoms with van der Waals surface area (Å²) in [5, 5.41) is 6.55. The first-order chi connectivity index (χ1) is 7.84. The first-order valence-electron chi connectivity index (χ1n) is 6.84. The van der Waals surface area contributed by atoms with E-state index in [1.807, 2.05) is 0 Å². The van der Waals surface area contributed by atoms with Gasteiger partial charge >= 0.3 is 0 Å². The number of amides is 1. The van der Waals surface area contributed by atoms with Crippen LogP contribution < -0.4 is 10.6 Å². The van der Waals surface area contributed by atoms with E-state index in [0.29, 0.717) is 11.9 Å². The number of fused-ring (bicyclic) bond motifs is 1. The Morgan fingerprint density at radius 2 is 1.82 bits per heavy atom. The molecule has 0 aromatic carbocycles. The number of hydrogen-bond acceptors (Lipinski definition) is 2. The Hall–Kier alpha value is -0.280. The van der Waals surface area contributed by atoms with E-state index in [0.717, 1.165) is 43.7 Å². The van der Waals surface area contributed by atoms with Crippen LogP contribution in [0, 0.1) is 17.8 Å². The molecule has 4 heteroatoms. The van der Waals surface area contributed by atoms with Gasteiger partial charge in [-0.3, -0.25) is 4.79 Å². The summed E-state index contributed by atoms with van der Waals surface area (Å²) in [6, 6.07) is 0.511. The van der Waals surface area contributed by atoms with Crippen molar-refractivity contribution in [3.63, 3.8) is 0 Å². The van der Waals surface area contributed by atoms with Crippen LogP contribution in [-0.4, -0.2) is 25.0 Å². The smallest absolute Gasteiger partial charge is 0.220 e. The van der Waals surface area contributed by atoms with Gasteiger partial charge in [0.15, 0.2) is 0 Å². The molecule has 0 spiro atoms. The van der Waals surface area contributed by atoms with Crippen LogP contribution in [0.4, 0.5) is 0 Å². The Bertz CT molecular complexity index is 269. The molecule has 2 atom stereocenters. The third kappa shape index (κ3) is 2.94. The van der Waals surface area contributed by atoms with Crippen molar-refractivity contribution in [3.8, 4) is 0 Å². The quantitative estimate of drug-likeness (QED) is 0.806. The minimum absolute atomic E-state index is 0. The molecule has 1 amide bonds. The van der Waals surface area contributed by atoms with Gasteiger partial charge in [0, 0.05) is 25.6 Å². The van der Waals surface area contributed by atoms with Crippen molar-refractivity contribution >= 4 is 18.3 Å². The van der Waals surface area contributed by atoms with E-state index in [2.05, 4.69) is 10.6 Å². The lowest BCUT2D eigenvalue weighted by atomic mass is 10.0. The molecule has 2 unspecified atom stereocenters. The van der Waals surface area contributed by atoms with Crippen molar-refractivity contribution in [1.29, 1.82) is 0 Å². The van der Waals surface area contributed by atoms with Crippen molar-refractivity contribution in [1.82, 2.24) is 10.6 Å². The topological polar surface area (TPSA) is 41.1 Å². The fourth-order valence-corrected chi connectivity index (χ4v) is 3.52. The average Bonchev–Trinajstić information content (AvgIpc) is 2.80. The largest absolute Gasteiger partial charge is 0.353 e. The number of hydrogen-bond donors (Lipinski definition) is 2. The van der Waals surface area contributed by atoms with E-state index in [-0.39, 0.29) is 12.4 Å². The molecule has 17 heavy (non-hydrogen) atoms. The zero-order chi connectivity index (χ0) is 11.0. The summed E-state index contributed by atoms with van der Waals surface area (Å²) in [5.41, 5.74) is 0. The molecular weight excluding hydrogens is 236 g/mol. The van der Waals surface area contributed by atoms with E-state index in [4.69, 9.17) is 0 Å². The minimum Gasteiger partial charge on any atom is -0.353 e. The average molecular weight is 259 g/mol. The molecule has 0 aromatic heterocycles. The predicted octanol–water partition coefficient (Wildman–Crippen LogP) is 1.71. The first kappa shape index (κ1) is 13.2. The van der Waals surface area contributed by atoms with E-state index in [1.54, 1.807) is 0 Å². The van der Waals surface area contributed by atoms with E-state index < -0.39 is 0 Å². The molecule has 1 aliphatic heterocycles. The van der Waals surface area contributed by atoms with Gasteiger partial charge in [0.1, 0.15) is 0 Å². The molecule has 0 bridgehead atoms. The van der Waals surface area contributed by atoms with Crippen LogP contribution >= 0.6 is 12.4 Å². The standard InChI is InChI=1S/C13H22N2O.ClH/c16-12(6-5-9-3-1-2-4-9)15-13-10-7-14-8-11(10)13;/h9-11,13-14H,1-8H2,(H,15,16);1H. The third-order valence-corrected chi connectivity index (χ3v) is 4.67. The fraction of sp³-hybridized carbons (Fsp3) is 0.923. The summed E-state index contributed by atoms with van der Waals surface area (Å²) >= 11 is 0. The lowest BCUT2D eigenvalue weighted by Crippen LogP contribution is -2.32. The van der Waals surface area contributed by atoms with Crippen LogP contribution in [0.2, 0.25) is 0 Å². The molecule has 2 N–H and O–H groups in total. The second kappa shape index (κ2) is 5.57. The lowest BCUT2D eigenvalue weighted by Gasteiger charge is -2.10. The summed E-state index contributed by atoms with van der Waals surface area (Å²) in [6.07, 6.45) is 7.34. The molecule has 3 nitrogen and oxygen atoms in total. The number of rotatable bonds is 4. The summed E-state index contributed by atoms with van der Waals surface area (Å²) in [4.78, 5) is 11.7. The highest BCUT2D eigenvalue weighted by Crippen LogP contribution is 2.41. The van der Waals surface area contributed by atoms with Gasteiger partial charge in [-0.15, -0.1) is 12.4 Å². The summed E-state index contributed by atoms with van der Waals surface area (Å²) < 4.78 is 0. The Morgan fingerprint density at radius 1 is 1.18 bits per heavy atom. The lowest BCUT2D eigenvalue weighted by molar-refractivity contribution is -0.121. The molecular formula is C13H23ClN2O. The highest BCUT2D eigenvalue weighted by molar-refractivity contribution is 5.85. The molecule has 1 saturated heterocycles. The monoisotopic (exact) mass is 258 g/mol. The van der Waals surface area contributed by atoms with Crippen molar-refractivity contribution in [2.24, 2.45) is 17.8 Å². The maximum Gasteiger partial charge on any atom is 0.220 e. The van der Waals surface area contributed by atoms with Crippen LogP contribution in [0.1, 0.15) is 38.5 Å². The van der Waals surface area contributed by atoms with Crippen molar-refractivity contribution in [3.05, 3.63) is 0 Å². The Balaban J connectivity index is 0.00000108. The van der Waals surface area contributed by atoms with Crippen LogP contribution in [0.5, 0.6) is 0 Å². The third-order valence-electron chi connectivity index (χ3n) is 4.67. The van der Waals surface area contributed by atoms with E-state index in [1.165, 1.54) is 25.7 Å². The van der Waals surface area contributed by atoms with Crippen LogP contribution in [0.25, 0.3) is 0 Å². The molecule has 2 saturated carbocycles. The van der Waals surface area contributed by atoms with Crippen molar-refractivity contribution in [2.45, 2.75) is 44.6 Å². The summed E-state index contributed by atoms with van der Waals surface area (Å²) in [6.45, 7) is 2.22. The summed E-state index contributed by atoms with van der Waals surface area (Å²) in [7, 11) is 0. The number of nitrogens with one attached hydrogen (secondary N) is 2. The number of piperidine rings is 1. The second-order valence-corrected chi connectivity index (χ2v) is 5.77. The minimum atomic E-state index is 0. The van der Waals surface area contributed by atoms with Crippen molar-refractivity contribution < 1.29 is 4.79 Å². The number of carbonyl (C=O) groups is 1. The van der Waals surface area contributed by atoms with Gasteiger partial charge in [0.2, 0.25) is 5.91 Å². The molecule has 0 aromatic rings. The van der Waals surface area contributed by atoms with E-state index >= 15 is 0 Å². The second-order valence-electron chi connectivity index (χ2n) is 5.77. The molecule has 3 rings (SSSR count). The van der Waals surface area contributed by atoms with Gasteiger partial charge in [-0.1, -0.05) is 25.7 Å². The molecule has 0 radical (unpaired) electrons. The Kier molecular flexibility index (Phi) is 4.31. The van der Waals surface area contributed by atoms with Crippen molar-refractivity contribution in [2.75, 3.05) is 13.1 Å². The maximum atomic E-state index is 11.7. The van der Waals surface area contributed by atoms with Gasteiger partial charge < -0.3 is 10.6 Å². The molecule has 98 valence electrons. The highest BCUT2D eigenvalue weighted by Gasteiger charge is 2.53. The van der Waals surface area contributed by atoms with E-state index in [9.17, 15) is 4.79 Å². The SMILES string of the molecule is Cl.O=C(CCC1CCCC1)NC1C2CNCC21. The van der Waals surface area contributed by atoms with Crippen LogP contribution in [0.3, 0.4) is 0 Å². The number of carbonyl (C=O) groups excluding carboxylic acids is 1. The highest BCUT2D eigenvalue weighted by atomic mass is 35.5. The maximum absolute atomic E-state index is 11.7. The Labute approximate surface area is 110 Å². The first-order valence-corrected chi connectivity index (χ1v) is 6.84. The molecule has 3 aliphatic rings. The zero-order valence-electron chi connectivity index (χ0n) is 10.3. The normalized spacial score (nSPS) is 35.2. The van der Waals surface area contributed by atoms with Gasteiger partial charge in [0.05, 0.1) is 0 Å². The summed E-state index contributed by atoms with van der Waals surface area (Å²) in [5.74, 6) is 2.63.